The molecule has 2 rings (SSSR count). The summed E-state index contributed by atoms with van der Waals surface area (Å²) in [5, 5.41) is 1.97. The Hall–Kier alpha value is -1.14. The lowest BCUT2D eigenvalue weighted by molar-refractivity contribution is 0.715. The molecule has 0 bridgehead atoms. The summed E-state index contributed by atoms with van der Waals surface area (Å²) in [6.07, 6.45) is 2.25. The fourth-order valence-electron chi connectivity index (χ4n) is 1.53. The summed E-state index contributed by atoms with van der Waals surface area (Å²) in [6, 6.07) is 1.97. The number of aryl methyl sites for hydroxylation is 1. The van der Waals surface area contributed by atoms with E-state index < -0.39 is 0 Å². The van der Waals surface area contributed by atoms with Crippen LogP contribution in [0, 0.1) is 0 Å². The van der Waals surface area contributed by atoms with Gasteiger partial charge in [-0.25, -0.2) is 4.79 Å². The minimum Gasteiger partial charge on any atom is -0.295 e. The quantitative estimate of drug-likeness (QED) is 0.941. The van der Waals surface area contributed by atoms with E-state index in [0.29, 0.717) is 18.5 Å². The lowest BCUT2D eigenvalue weighted by atomic mass is 10.2. The molecular formula is C11H11BrN2O2S. The first-order valence-electron chi connectivity index (χ1n) is 5.15. The van der Waals surface area contributed by atoms with Crippen LogP contribution in [0.3, 0.4) is 0 Å². The largest absolute Gasteiger partial charge is 0.328 e. The highest BCUT2D eigenvalue weighted by atomic mass is 79.9. The van der Waals surface area contributed by atoms with Gasteiger partial charge >= 0.3 is 5.69 Å². The van der Waals surface area contributed by atoms with Gasteiger partial charge in [-0.3, -0.25) is 14.3 Å². The third kappa shape index (κ3) is 2.76. The average molecular weight is 315 g/mol. The normalized spacial score (nSPS) is 10.7. The lowest BCUT2D eigenvalue weighted by Crippen LogP contribution is -2.31. The summed E-state index contributed by atoms with van der Waals surface area (Å²) in [5.74, 6) is 0. The van der Waals surface area contributed by atoms with Gasteiger partial charge in [-0.15, -0.1) is 11.3 Å². The van der Waals surface area contributed by atoms with E-state index in [9.17, 15) is 9.59 Å². The molecule has 0 aliphatic heterocycles. The fraction of sp³-hybridized carbons (Fsp3) is 0.273. The van der Waals surface area contributed by atoms with Crippen molar-refractivity contribution in [2.24, 2.45) is 0 Å². The molecule has 0 fully saturated rings. The fourth-order valence-corrected chi connectivity index (χ4v) is 2.98. The second-order valence-electron chi connectivity index (χ2n) is 3.63. The van der Waals surface area contributed by atoms with Gasteiger partial charge in [-0.05, 0) is 28.4 Å². The molecule has 2 aromatic heterocycles. The summed E-state index contributed by atoms with van der Waals surface area (Å²) in [7, 11) is 0. The number of rotatable bonds is 3. The second kappa shape index (κ2) is 5.01. The van der Waals surface area contributed by atoms with Gasteiger partial charge in [0.2, 0.25) is 0 Å². The van der Waals surface area contributed by atoms with Crippen LogP contribution in [0.25, 0.3) is 0 Å². The maximum absolute atomic E-state index is 11.6. The molecule has 1 N–H and O–H groups in total. The van der Waals surface area contributed by atoms with Crippen molar-refractivity contribution in [3.8, 4) is 0 Å². The molecule has 0 aliphatic rings. The molecule has 2 heterocycles. The topological polar surface area (TPSA) is 54.9 Å². The van der Waals surface area contributed by atoms with Crippen LogP contribution in [-0.4, -0.2) is 9.55 Å². The summed E-state index contributed by atoms with van der Waals surface area (Å²) >= 11 is 4.94. The average Bonchev–Trinajstić information content (AvgIpc) is 2.68. The number of thiophene rings is 1. The molecule has 0 saturated carbocycles. The molecule has 90 valence electrons. The predicted octanol–water partition coefficient (Wildman–Crippen LogP) is 1.97. The number of hydrogen-bond acceptors (Lipinski definition) is 3. The van der Waals surface area contributed by atoms with Crippen LogP contribution in [0.2, 0.25) is 0 Å². The predicted molar refractivity (Wildman–Crippen MR) is 71.8 cm³/mol. The summed E-state index contributed by atoms with van der Waals surface area (Å²) in [5.41, 5.74) is -0.0296. The van der Waals surface area contributed by atoms with Crippen molar-refractivity contribution in [3.63, 3.8) is 0 Å². The van der Waals surface area contributed by atoms with Crippen LogP contribution >= 0.6 is 27.3 Å². The zero-order valence-electron chi connectivity index (χ0n) is 9.20. The number of nitrogens with one attached hydrogen (secondary N) is 1. The van der Waals surface area contributed by atoms with Crippen LogP contribution < -0.4 is 11.2 Å². The number of nitrogens with zero attached hydrogens (tertiary/aromatic N) is 1. The molecule has 0 unspecified atom stereocenters. The smallest absolute Gasteiger partial charge is 0.295 e. The number of halogens is 1. The highest BCUT2D eigenvalue weighted by Gasteiger charge is 2.05. The van der Waals surface area contributed by atoms with E-state index >= 15 is 0 Å². The first kappa shape index (κ1) is 12.3. The van der Waals surface area contributed by atoms with E-state index in [2.05, 4.69) is 20.9 Å². The molecule has 0 saturated heterocycles. The molecule has 17 heavy (non-hydrogen) atoms. The molecule has 0 atom stereocenters. The Kier molecular flexibility index (Phi) is 3.63. The van der Waals surface area contributed by atoms with Gasteiger partial charge in [-0.1, -0.05) is 6.92 Å². The Bertz CT molecular complexity index is 641. The van der Waals surface area contributed by atoms with E-state index in [1.165, 1.54) is 4.57 Å². The number of aromatic amines is 1. The lowest BCUT2D eigenvalue weighted by Gasteiger charge is -2.04. The van der Waals surface area contributed by atoms with Gasteiger partial charge in [0, 0.05) is 26.5 Å². The molecule has 6 heteroatoms. The molecule has 0 aromatic carbocycles. The Morgan fingerprint density at radius 1 is 1.47 bits per heavy atom. The first-order valence-corrected chi connectivity index (χ1v) is 6.83. The maximum Gasteiger partial charge on any atom is 0.328 e. The Morgan fingerprint density at radius 3 is 2.82 bits per heavy atom. The van der Waals surface area contributed by atoms with E-state index in [-0.39, 0.29) is 11.2 Å². The Morgan fingerprint density at radius 2 is 2.24 bits per heavy atom. The first-order chi connectivity index (χ1) is 8.10. The maximum atomic E-state index is 11.6. The zero-order valence-corrected chi connectivity index (χ0v) is 11.6. The van der Waals surface area contributed by atoms with Gasteiger partial charge in [0.25, 0.3) is 5.56 Å². The van der Waals surface area contributed by atoms with Gasteiger partial charge in [-0.2, -0.15) is 0 Å². The van der Waals surface area contributed by atoms with Crippen molar-refractivity contribution >= 4 is 27.3 Å². The summed E-state index contributed by atoms with van der Waals surface area (Å²) in [6.45, 7) is 2.37. The molecule has 4 nitrogen and oxygen atoms in total. The third-order valence-corrected chi connectivity index (χ3v) is 4.10. The highest BCUT2D eigenvalue weighted by Crippen LogP contribution is 2.20. The summed E-state index contributed by atoms with van der Waals surface area (Å²) < 4.78 is 2.53. The molecule has 2 aromatic rings. The number of H-pyrrole nitrogens is 1. The third-order valence-electron chi connectivity index (χ3n) is 2.41. The van der Waals surface area contributed by atoms with Crippen molar-refractivity contribution in [3.05, 3.63) is 53.4 Å². The van der Waals surface area contributed by atoms with Crippen molar-refractivity contribution in [1.29, 1.82) is 0 Å². The van der Waals surface area contributed by atoms with Crippen molar-refractivity contribution in [2.45, 2.75) is 19.9 Å². The Labute approximate surface area is 110 Å². The Balaban J connectivity index is 2.39. The molecule has 0 radical (unpaired) electrons. The SMILES string of the molecule is CCc1cn(Cc2cc(Br)cs2)c(=O)[nH]c1=O. The number of hydrogen-bond donors (Lipinski definition) is 1. The minimum atomic E-state index is -0.364. The van der Waals surface area contributed by atoms with Crippen LogP contribution in [0.15, 0.2) is 31.7 Å². The summed E-state index contributed by atoms with van der Waals surface area (Å²) in [4.78, 5) is 26.4. The zero-order chi connectivity index (χ0) is 12.4. The van der Waals surface area contributed by atoms with Gasteiger partial charge < -0.3 is 0 Å². The minimum absolute atomic E-state index is 0.291. The van der Waals surface area contributed by atoms with Crippen molar-refractivity contribution in [1.82, 2.24) is 9.55 Å². The number of aromatic nitrogens is 2. The monoisotopic (exact) mass is 314 g/mol. The highest BCUT2D eigenvalue weighted by molar-refractivity contribution is 9.10. The van der Waals surface area contributed by atoms with E-state index in [4.69, 9.17) is 0 Å². The van der Waals surface area contributed by atoms with Crippen LogP contribution in [-0.2, 0) is 13.0 Å². The molecule has 0 aliphatic carbocycles. The van der Waals surface area contributed by atoms with E-state index in [1.807, 2.05) is 18.4 Å². The van der Waals surface area contributed by atoms with E-state index in [0.717, 1.165) is 9.35 Å². The standard InChI is InChI=1S/C11H11BrN2O2S/c1-2-7-4-14(11(16)13-10(7)15)5-9-3-8(12)6-17-9/h3-4,6H,2,5H2,1H3,(H,13,15,16). The van der Waals surface area contributed by atoms with Crippen LogP contribution in [0.4, 0.5) is 0 Å². The van der Waals surface area contributed by atoms with Crippen molar-refractivity contribution < 1.29 is 0 Å². The molecular weight excluding hydrogens is 304 g/mol. The van der Waals surface area contributed by atoms with Gasteiger partial charge in [0.05, 0.1) is 6.54 Å². The second-order valence-corrected chi connectivity index (χ2v) is 5.54. The van der Waals surface area contributed by atoms with E-state index in [1.54, 1.807) is 17.5 Å². The van der Waals surface area contributed by atoms with Crippen LogP contribution in [0.1, 0.15) is 17.4 Å². The molecule has 0 amide bonds. The van der Waals surface area contributed by atoms with Gasteiger partial charge in [0.1, 0.15) is 0 Å². The van der Waals surface area contributed by atoms with Crippen LogP contribution in [0.5, 0.6) is 0 Å². The molecule has 0 spiro atoms. The van der Waals surface area contributed by atoms with Crippen molar-refractivity contribution in [2.75, 3.05) is 0 Å². The van der Waals surface area contributed by atoms with Gasteiger partial charge in [0.15, 0.2) is 0 Å².